The van der Waals surface area contributed by atoms with Gasteiger partial charge in [-0.15, -0.1) is 0 Å². The zero-order valence-corrected chi connectivity index (χ0v) is 32.9. The number of nitrogens with zero attached hydrogens (tertiary/aromatic N) is 2. The molecule has 1 saturated heterocycles. The van der Waals surface area contributed by atoms with Crippen molar-refractivity contribution in [2.75, 3.05) is 46.7 Å². The molecule has 1 heterocycles. The molecule has 0 aromatic heterocycles. The van der Waals surface area contributed by atoms with Crippen LogP contribution in [0.5, 0.6) is 11.5 Å². The summed E-state index contributed by atoms with van der Waals surface area (Å²) in [6.45, 7) is 13.3. The molecule has 0 bridgehead atoms. The van der Waals surface area contributed by atoms with Gasteiger partial charge in [-0.3, -0.25) is 14.4 Å². The van der Waals surface area contributed by atoms with E-state index in [0.717, 1.165) is 16.1 Å². The summed E-state index contributed by atoms with van der Waals surface area (Å²) in [4.78, 5) is 55.2. The number of halogens is 2. The molecule has 0 aliphatic carbocycles. The molecule has 1 aromatic rings. The molecule has 4 N–H and O–H groups in total. The Bertz CT molecular complexity index is 1500. The number of rotatable bonds is 17. The van der Waals surface area contributed by atoms with Gasteiger partial charge in [0, 0.05) is 39.1 Å². The number of urea groups is 1. The number of alkyl halides is 2. The number of ether oxygens (including phenoxy) is 2. The number of hydrogen-bond acceptors (Lipinski definition) is 8. The van der Waals surface area contributed by atoms with Gasteiger partial charge >= 0.3 is 6.03 Å². The van der Waals surface area contributed by atoms with E-state index in [1.54, 1.807) is 39.0 Å². The van der Waals surface area contributed by atoms with Crippen LogP contribution in [0.2, 0.25) is 0 Å². The lowest BCUT2D eigenvalue weighted by Gasteiger charge is -2.37. The summed E-state index contributed by atoms with van der Waals surface area (Å²) in [5, 5.41) is 10.6. The Labute approximate surface area is 307 Å². The number of amides is 5. The minimum Gasteiger partial charge on any atom is -0.493 e. The van der Waals surface area contributed by atoms with Crippen molar-refractivity contribution in [3.63, 3.8) is 0 Å². The number of hydrogen-bond donors (Lipinski definition) is 4. The number of nitrogens with one attached hydrogen (secondary N) is 4. The topological polar surface area (TPSA) is 175 Å². The summed E-state index contributed by atoms with van der Waals surface area (Å²) in [6.07, 6.45) is -1.73. The fourth-order valence-electron chi connectivity index (χ4n) is 5.65. The molecule has 17 heteroatoms. The molecule has 52 heavy (non-hydrogen) atoms. The van der Waals surface area contributed by atoms with Crippen LogP contribution in [0.25, 0.3) is 0 Å². The minimum atomic E-state index is -3.53. The van der Waals surface area contributed by atoms with Crippen LogP contribution in [0.15, 0.2) is 18.2 Å². The van der Waals surface area contributed by atoms with E-state index in [0.29, 0.717) is 30.9 Å². The maximum atomic E-state index is 14.0. The molecule has 0 unspecified atom stereocenters. The first kappa shape index (κ1) is 44.4. The first-order chi connectivity index (χ1) is 24.0. The molecular weight excluding hydrogens is 702 g/mol. The molecule has 1 fully saturated rings. The quantitative estimate of drug-likeness (QED) is 0.188. The van der Waals surface area contributed by atoms with Crippen LogP contribution in [0.4, 0.5) is 13.6 Å². The van der Waals surface area contributed by atoms with Crippen LogP contribution in [-0.4, -0.2) is 119 Å². The molecule has 1 aliphatic heterocycles. The molecule has 1 aromatic carbocycles. The average molecular weight is 761 g/mol. The van der Waals surface area contributed by atoms with Crippen molar-refractivity contribution in [1.29, 1.82) is 0 Å². The van der Waals surface area contributed by atoms with E-state index in [4.69, 9.17) is 9.47 Å². The number of likely N-dealkylation sites (tertiary alicyclic amines) is 1. The minimum absolute atomic E-state index is 0.0120. The van der Waals surface area contributed by atoms with Gasteiger partial charge in [-0.25, -0.2) is 26.3 Å². The van der Waals surface area contributed by atoms with Gasteiger partial charge in [0.25, 0.3) is 0 Å². The first-order valence-corrected chi connectivity index (χ1v) is 19.3. The molecule has 14 nitrogen and oxygen atoms in total. The third-order valence-electron chi connectivity index (χ3n) is 8.87. The Morgan fingerprint density at radius 1 is 1.02 bits per heavy atom. The third kappa shape index (κ3) is 13.4. The fourth-order valence-corrected chi connectivity index (χ4v) is 6.07. The second-order valence-electron chi connectivity index (χ2n) is 15.2. The number of methoxy groups -OCH3 is 1. The fraction of sp³-hybridized carbons (Fsp3) is 0.714. The van der Waals surface area contributed by atoms with E-state index in [2.05, 4.69) is 21.3 Å². The SMILES string of the molecule is CCOc1ccc(CCNC(=O)[C@H](CC(F)F)NC(=O)[C@@H]2CCCN2C(=O)[C@@H](NC(=O)N[C@H](CN(C)S(C)(=O)=O)C(C)(C)C)C(C)(C)C)cc1OC. The highest BCUT2D eigenvalue weighted by Gasteiger charge is 2.43. The predicted molar refractivity (Wildman–Crippen MR) is 194 cm³/mol. The monoisotopic (exact) mass is 760 g/mol. The second kappa shape index (κ2) is 18.9. The lowest BCUT2D eigenvalue weighted by molar-refractivity contribution is -0.142. The van der Waals surface area contributed by atoms with Crippen molar-refractivity contribution in [1.82, 2.24) is 30.5 Å². The van der Waals surface area contributed by atoms with Gasteiger partial charge in [0.2, 0.25) is 34.2 Å². The Kier molecular flexibility index (Phi) is 16.1. The Hall–Kier alpha value is -3.73. The van der Waals surface area contributed by atoms with Crippen LogP contribution in [0.1, 0.15) is 73.3 Å². The van der Waals surface area contributed by atoms with Gasteiger partial charge in [-0.2, -0.15) is 0 Å². The van der Waals surface area contributed by atoms with Crippen molar-refractivity contribution in [3.05, 3.63) is 23.8 Å². The van der Waals surface area contributed by atoms with Crippen LogP contribution in [-0.2, 0) is 30.8 Å². The molecule has 1 aliphatic rings. The van der Waals surface area contributed by atoms with E-state index >= 15 is 0 Å². The van der Waals surface area contributed by atoms with Gasteiger partial charge in [-0.05, 0) is 54.7 Å². The van der Waals surface area contributed by atoms with Crippen LogP contribution >= 0.6 is 0 Å². The van der Waals surface area contributed by atoms with Gasteiger partial charge in [0.05, 0.1) is 20.0 Å². The van der Waals surface area contributed by atoms with Gasteiger partial charge in [0.1, 0.15) is 18.1 Å². The van der Waals surface area contributed by atoms with E-state index in [-0.39, 0.29) is 26.1 Å². The van der Waals surface area contributed by atoms with Crippen molar-refractivity contribution in [3.8, 4) is 11.5 Å². The molecule has 0 spiro atoms. The maximum absolute atomic E-state index is 14.0. The largest absolute Gasteiger partial charge is 0.493 e. The summed E-state index contributed by atoms with van der Waals surface area (Å²) in [7, 11) is -0.622. The number of benzene rings is 1. The van der Waals surface area contributed by atoms with Crippen molar-refractivity contribution in [2.45, 2.75) is 105 Å². The Balaban J connectivity index is 2.16. The first-order valence-electron chi connectivity index (χ1n) is 17.4. The third-order valence-corrected chi connectivity index (χ3v) is 10.2. The number of likely N-dealkylation sites (N-methyl/N-ethyl adjacent to an activating group) is 1. The number of carbonyl (C=O) groups excluding carboxylic acids is 4. The average Bonchev–Trinajstić information content (AvgIpc) is 3.52. The smallest absolute Gasteiger partial charge is 0.315 e. The van der Waals surface area contributed by atoms with E-state index in [1.807, 2.05) is 27.7 Å². The summed E-state index contributed by atoms with van der Waals surface area (Å²) < 4.78 is 63.3. The van der Waals surface area contributed by atoms with E-state index in [1.165, 1.54) is 19.1 Å². The van der Waals surface area contributed by atoms with Crippen LogP contribution in [0.3, 0.4) is 0 Å². The Morgan fingerprint density at radius 2 is 1.67 bits per heavy atom. The molecule has 0 radical (unpaired) electrons. The summed E-state index contributed by atoms with van der Waals surface area (Å²) in [5.74, 6) is -1.02. The zero-order chi connectivity index (χ0) is 39.6. The lowest BCUT2D eigenvalue weighted by atomic mass is 9.85. The highest BCUT2D eigenvalue weighted by molar-refractivity contribution is 7.88. The van der Waals surface area contributed by atoms with Gasteiger partial charge in [0.15, 0.2) is 11.5 Å². The summed E-state index contributed by atoms with van der Waals surface area (Å²) in [5.41, 5.74) is -0.579. The standard InChI is InChI=1S/C35H58F2N6O8S/c1-11-51-25-15-14-22(19-26(25)50-9)16-17-38-30(44)23(20-28(36)37)39-31(45)24-13-12-18-43(24)32(46)29(35(5,6)7)41-33(47)40-27(34(2,3)4)21-42(8)52(10,48)49/h14-15,19,23-24,27-29H,11-13,16-18,20-21H2,1-10H3,(H,38,44)(H,39,45)(H2,40,41,47)/t23-,24-,27+,29+/m0/s1. The second-order valence-corrected chi connectivity index (χ2v) is 17.3. The highest BCUT2D eigenvalue weighted by atomic mass is 32.2. The molecule has 0 saturated carbocycles. The van der Waals surface area contributed by atoms with Gasteiger partial charge in [-0.1, -0.05) is 47.6 Å². The number of carbonyl (C=O) groups is 4. The van der Waals surface area contributed by atoms with E-state index in [9.17, 15) is 36.4 Å². The molecule has 296 valence electrons. The lowest BCUT2D eigenvalue weighted by Crippen LogP contribution is -2.62. The van der Waals surface area contributed by atoms with Crippen LogP contribution < -0.4 is 30.7 Å². The van der Waals surface area contributed by atoms with Crippen molar-refractivity contribution >= 4 is 33.8 Å². The molecule has 4 atom stereocenters. The van der Waals surface area contributed by atoms with Crippen molar-refractivity contribution in [2.24, 2.45) is 10.8 Å². The predicted octanol–water partition coefficient (Wildman–Crippen LogP) is 2.90. The Morgan fingerprint density at radius 3 is 2.21 bits per heavy atom. The number of sulfonamides is 1. The van der Waals surface area contributed by atoms with Crippen LogP contribution in [0, 0.1) is 10.8 Å². The molecule has 5 amide bonds. The maximum Gasteiger partial charge on any atom is 0.315 e. The molecular formula is C35H58F2N6O8S. The van der Waals surface area contributed by atoms with Crippen molar-refractivity contribution < 1.29 is 45.9 Å². The summed E-state index contributed by atoms with van der Waals surface area (Å²) in [6, 6.07) is 0.236. The van der Waals surface area contributed by atoms with E-state index < -0.39 is 81.6 Å². The molecule has 2 rings (SSSR count). The normalized spacial score (nSPS) is 17.0. The van der Waals surface area contributed by atoms with Gasteiger partial charge < -0.3 is 35.6 Å². The zero-order valence-electron chi connectivity index (χ0n) is 32.1. The highest BCUT2D eigenvalue weighted by Crippen LogP contribution is 2.29. The summed E-state index contributed by atoms with van der Waals surface area (Å²) >= 11 is 0.